The molecule has 1 aromatic carbocycles. The first kappa shape index (κ1) is 25.0. The van der Waals surface area contributed by atoms with E-state index in [1.807, 2.05) is 0 Å². The summed E-state index contributed by atoms with van der Waals surface area (Å²) in [7, 11) is 4.45. The molecule has 0 fully saturated rings. The molecule has 3 amide bonds. The SMILES string of the molecule is COCC(NC(=O)CNC(=O)OC(C)(C)C)C(=O)NCc1cccc(OC)c1OC. The smallest absolute Gasteiger partial charge is 0.408 e. The normalized spacial score (nSPS) is 11.8. The van der Waals surface area contributed by atoms with Crippen LogP contribution in [0.1, 0.15) is 26.3 Å². The maximum Gasteiger partial charge on any atom is 0.408 e. The molecular weight excluding hydrogens is 394 g/mol. The predicted molar refractivity (Wildman–Crippen MR) is 109 cm³/mol. The fourth-order valence-electron chi connectivity index (χ4n) is 2.46. The zero-order valence-electron chi connectivity index (χ0n) is 18.3. The van der Waals surface area contributed by atoms with Crippen LogP contribution in [-0.4, -0.2) is 64.0 Å². The van der Waals surface area contributed by atoms with Gasteiger partial charge < -0.3 is 34.9 Å². The van der Waals surface area contributed by atoms with E-state index >= 15 is 0 Å². The van der Waals surface area contributed by atoms with Crippen LogP contribution < -0.4 is 25.4 Å². The third-order valence-electron chi connectivity index (χ3n) is 3.71. The van der Waals surface area contributed by atoms with Crippen LogP contribution in [0.2, 0.25) is 0 Å². The van der Waals surface area contributed by atoms with Crippen LogP contribution in [0.15, 0.2) is 18.2 Å². The van der Waals surface area contributed by atoms with Gasteiger partial charge in [0.2, 0.25) is 11.8 Å². The van der Waals surface area contributed by atoms with Crippen LogP contribution in [0.25, 0.3) is 0 Å². The van der Waals surface area contributed by atoms with Crippen LogP contribution in [0.4, 0.5) is 4.79 Å². The van der Waals surface area contributed by atoms with Gasteiger partial charge in [-0.3, -0.25) is 9.59 Å². The van der Waals surface area contributed by atoms with Gasteiger partial charge in [0, 0.05) is 19.2 Å². The van der Waals surface area contributed by atoms with Crippen LogP contribution in [0, 0.1) is 0 Å². The van der Waals surface area contributed by atoms with Crippen LogP contribution in [0.3, 0.4) is 0 Å². The van der Waals surface area contributed by atoms with Crippen LogP contribution in [0.5, 0.6) is 11.5 Å². The lowest BCUT2D eigenvalue weighted by Gasteiger charge is -2.21. The predicted octanol–water partition coefficient (Wildman–Crippen LogP) is 0.976. The average molecular weight is 425 g/mol. The number of methoxy groups -OCH3 is 3. The second-order valence-corrected chi connectivity index (χ2v) is 7.30. The van der Waals surface area contributed by atoms with Crippen molar-refractivity contribution in [2.75, 3.05) is 34.5 Å². The third-order valence-corrected chi connectivity index (χ3v) is 3.71. The molecule has 0 saturated carbocycles. The number of hydrogen-bond donors (Lipinski definition) is 3. The third kappa shape index (κ3) is 8.56. The Kier molecular flexibility index (Phi) is 9.90. The van der Waals surface area contributed by atoms with E-state index < -0.39 is 29.6 Å². The molecule has 1 atom stereocenters. The Labute approximate surface area is 176 Å². The Bertz CT molecular complexity index is 732. The molecule has 10 heteroatoms. The van der Waals surface area contributed by atoms with Crippen LogP contribution >= 0.6 is 0 Å². The number of nitrogens with one attached hydrogen (secondary N) is 3. The summed E-state index contributed by atoms with van der Waals surface area (Å²) in [6.45, 7) is 4.91. The molecule has 0 aliphatic heterocycles. The van der Waals surface area contributed by atoms with Crippen LogP contribution in [-0.2, 0) is 25.6 Å². The molecule has 30 heavy (non-hydrogen) atoms. The van der Waals surface area contributed by atoms with Gasteiger partial charge in [-0.1, -0.05) is 12.1 Å². The van der Waals surface area contributed by atoms with E-state index in [0.29, 0.717) is 17.1 Å². The number of hydrogen-bond acceptors (Lipinski definition) is 7. The molecule has 0 saturated heterocycles. The highest BCUT2D eigenvalue weighted by atomic mass is 16.6. The van der Waals surface area contributed by atoms with Crippen molar-refractivity contribution in [1.82, 2.24) is 16.0 Å². The van der Waals surface area contributed by atoms with Crippen molar-refractivity contribution in [3.05, 3.63) is 23.8 Å². The molecule has 1 unspecified atom stereocenters. The second-order valence-electron chi connectivity index (χ2n) is 7.30. The van der Waals surface area contributed by atoms with E-state index in [4.69, 9.17) is 18.9 Å². The van der Waals surface area contributed by atoms with Gasteiger partial charge in [-0.2, -0.15) is 0 Å². The van der Waals surface area contributed by atoms with Crippen molar-refractivity contribution < 1.29 is 33.3 Å². The quantitative estimate of drug-likeness (QED) is 0.510. The zero-order chi connectivity index (χ0) is 22.7. The molecule has 0 aromatic heterocycles. The molecule has 1 rings (SSSR count). The molecule has 0 spiro atoms. The summed E-state index contributed by atoms with van der Waals surface area (Å²) in [6, 6.07) is 4.37. The van der Waals surface area contributed by atoms with Crippen molar-refractivity contribution >= 4 is 17.9 Å². The van der Waals surface area contributed by atoms with Crippen molar-refractivity contribution in [2.45, 2.75) is 39.0 Å². The fourth-order valence-corrected chi connectivity index (χ4v) is 2.46. The first-order chi connectivity index (χ1) is 14.1. The number of rotatable bonds is 10. The van der Waals surface area contributed by atoms with Crippen molar-refractivity contribution in [3.63, 3.8) is 0 Å². The van der Waals surface area contributed by atoms with Gasteiger partial charge in [0.05, 0.1) is 20.8 Å². The number of carbonyl (C=O) groups is 3. The summed E-state index contributed by atoms with van der Waals surface area (Å²) in [6.07, 6.45) is -0.726. The largest absolute Gasteiger partial charge is 0.493 e. The molecule has 0 heterocycles. The second kappa shape index (κ2) is 11.9. The lowest BCUT2D eigenvalue weighted by Crippen LogP contribution is -2.51. The summed E-state index contributed by atoms with van der Waals surface area (Å²) in [5, 5.41) is 7.59. The highest BCUT2D eigenvalue weighted by Crippen LogP contribution is 2.30. The molecule has 10 nitrogen and oxygen atoms in total. The van der Waals surface area contributed by atoms with E-state index in [9.17, 15) is 14.4 Å². The number of benzene rings is 1. The van der Waals surface area contributed by atoms with Gasteiger partial charge in [0.25, 0.3) is 0 Å². The fraction of sp³-hybridized carbons (Fsp3) is 0.550. The Morgan fingerprint density at radius 1 is 1.03 bits per heavy atom. The summed E-state index contributed by atoms with van der Waals surface area (Å²) in [5.41, 5.74) is 0.0273. The minimum absolute atomic E-state index is 0.0424. The first-order valence-electron chi connectivity index (χ1n) is 9.34. The van der Waals surface area contributed by atoms with E-state index in [0.717, 1.165) is 0 Å². The van der Waals surface area contributed by atoms with Crippen molar-refractivity contribution in [2.24, 2.45) is 0 Å². The van der Waals surface area contributed by atoms with Crippen molar-refractivity contribution in [3.8, 4) is 11.5 Å². The van der Waals surface area contributed by atoms with E-state index in [1.54, 1.807) is 39.0 Å². The molecule has 0 aliphatic carbocycles. The Morgan fingerprint density at radius 3 is 2.30 bits per heavy atom. The Hall–Kier alpha value is -3.01. The lowest BCUT2D eigenvalue weighted by molar-refractivity contribution is -0.130. The highest BCUT2D eigenvalue weighted by molar-refractivity contribution is 5.89. The molecular formula is C20H31N3O7. The van der Waals surface area contributed by atoms with Gasteiger partial charge in [-0.05, 0) is 26.8 Å². The van der Waals surface area contributed by atoms with Crippen molar-refractivity contribution in [1.29, 1.82) is 0 Å². The van der Waals surface area contributed by atoms with Gasteiger partial charge in [-0.15, -0.1) is 0 Å². The first-order valence-corrected chi connectivity index (χ1v) is 9.34. The van der Waals surface area contributed by atoms with Gasteiger partial charge in [0.15, 0.2) is 11.5 Å². The Morgan fingerprint density at radius 2 is 1.73 bits per heavy atom. The standard InChI is InChI=1S/C20H31N3O7/c1-20(2,3)30-19(26)22-11-16(24)23-14(12-27-4)18(25)21-10-13-8-7-9-15(28-5)17(13)29-6/h7-9,14H,10-12H2,1-6H3,(H,21,25)(H,22,26)(H,23,24). The molecule has 3 N–H and O–H groups in total. The highest BCUT2D eigenvalue weighted by Gasteiger charge is 2.22. The van der Waals surface area contributed by atoms with Gasteiger partial charge in [0.1, 0.15) is 18.2 Å². The van der Waals surface area contributed by atoms with Gasteiger partial charge >= 0.3 is 6.09 Å². The number of carbonyl (C=O) groups excluding carboxylic acids is 3. The molecule has 0 radical (unpaired) electrons. The number of ether oxygens (including phenoxy) is 4. The minimum Gasteiger partial charge on any atom is -0.493 e. The van der Waals surface area contributed by atoms with E-state index in [1.165, 1.54) is 21.3 Å². The zero-order valence-corrected chi connectivity index (χ0v) is 18.3. The molecule has 0 bridgehead atoms. The molecule has 1 aromatic rings. The average Bonchev–Trinajstić information content (AvgIpc) is 2.68. The monoisotopic (exact) mass is 425 g/mol. The summed E-state index contributed by atoms with van der Waals surface area (Å²) in [4.78, 5) is 36.3. The number of para-hydroxylation sites is 1. The minimum atomic E-state index is -0.945. The number of amides is 3. The maximum atomic E-state index is 12.5. The summed E-state index contributed by atoms with van der Waals surface area (Å²) >= 11 is 0. The van der Waals surface area contributed by atoms with E-state index in [-0.39, 0.29) is 19.7 Å². The number of alkyl carbamates (subject to hydrolysis) is 1. The lowest BCUT2D eigenvalue weighted by atomic mass is 10.1. The van der Waals surface area contributed by atoms with E-state index in [2.05, 4.69) is 16.0 Å². The van der Waals surface area contributed by atoms with Gasteiger partial charge in [-0.25, -0.2) is 4.79 Å². The maximum absolute atomic E-state index is 12.5. The Balaban J connectivity index is 2.64. The topological polar surface area (TPSA) is 124 Å². The molecule has 0 aliphatic rings. The molecule has 168 valence electrons. The summed E-state index contributed by atoms with van der Waals surface area (Å²) < 4.78 is 20.7. The summed E-state index contributed by atoms with van der Waals surface area (Å²) in [5.74, 6) is 0.0396.